The number of carbonyl (C=O) groups is 1. The largest absolute Gasteiger partial charge is 0.374 e. The van der Waals surface area contributed by atoms with Gasteiger partial charge in [0.25, 0.3) is 10.0 Å². The molecular formula is C8H12N4O5S2. The molecule has 1 aromatic rings. The number of nitrogens with one attached hydrogen (secondary N) is 3. The molecule has 3 N–H and O–H groups in total. The van der Waals surface area contributed by atoms with Gasteiger partial charge in [0, 0.05) is 20.2 Å². The number of nitrogens with zero attached hydrogens (tertiary/aromatic N) is 1. The van der Waals surface area contributed by atoms with Crippen LogP contribution in [0.5, 0.6) is 0 Å². The van der Waals surface area contributed by atoms with Gasteiger partial charge in [0.15, 0.2) is 5.00 Å². The molecule has 0 aliphatic carbocycles. The Balaban J connectivity index is 3.02. The van der Waals surface area contributed by atoms with Crippen LogP contribution < -0.4 is 15.4 Å². The molecule has 11 heteroatoms. The van der Waals surface area contributed by atoms with E-state index in [1.807, 2.05) is 4.72 Å². The van der Waals surface area contributed by atoms with Crippen molar-refractivity contribution in [3.05, 3.63) is 16.2 Å². The molecule has 9 nitrogen and oxygen atoms in total. The van der Waals surface area contributed by atoms with Gasteiger partial charge in [-0.05, 0) is 0 Å². The van der Waals surface area contributed by atoms with E-state index in [0.29, 0.717) is 0 Å². The topological polar surface area (TPSA) is 130 Å². The maximum absolute atomic E-state index is 11.8. The van der Waals surface area contributed by atoms with E-state index in [9.17, 15) is 23.3 Å². The van der Waals surface area contributed by atoms with E-state index in [0.717, 1.165) is 17.4 Å². The molecule has 0 aromatic carbocycles. The molecule has 19 heavy (non-hydrogen) atoms. The molecule has 0 spiro atoms. The molecule has 0 atom stereocenters. The molecule has 0 unspecified atom stereocenters. The first kappa shape index (κ1) is 15.3. The number of hydrogen-bond acceptors (Lipinski definition) is 7. The monoisotopic (exact) mass is 308 g/mol. The third-order valence-electron chi connectivity index (χ3n) is 2.08. The van der Waals surface area contributed by atoms with E-state index < -0.39 is 27.4 Å². The molecule has 0 bridgehead atoms. The highest BCUT2D eigenvalue weighted by Gasteiger charge is 2.25. The van der Waals surface area contributed by atoms with Gasteiger partial charge in [-0.25, -0.2) is 13.1 Å². The first-order valence-electron chi connectivity index (χ1n) is 4.98. The van der Waals surface area contributed by atoms with Crippen LogP contribution in [0.3, 0.4) is 0 Å². The van der Waals surface area contributed by atoms with Crippen molar-refractivity contribution in [1.29, 1.82) is 0 Å². The second-order valence-electron chi connectivity index (χ2n) is 3.28. The number of nitro groups is 1. The Hall–Kier alpha value is -1.72. The van der Waals surface area contributed by atoms with E-state index >= 15 is 0 Å². The summed E-state index contributed by atoms with van der Waals surface area (Å²) >= 11 is 0.719. The number of hydrogen-bond donors (Lipinski definition) is 3. The number of likely N-dealkylation sites (N-methyl/N-ethyl adjacent to an activating group) is 1. The SMILES string of the molecule is CNC(=O)CNS(=O)(=O)c1cc([N+](=O)[O-])c(NC)s1. The highest BCUT2D eigenvalue weighted by Crippen LogP contribution is 2.36. The van der Waals surface area contributed by atoms with Crippen LogP contribution in [-0.2, 0) is 14.8 Å². The highest BCUT2D eigenvalue weighted by molar-refractivity contribution is 7.91. The minimum Gasteiger partial charge on any atom is -0.374 e. The van der Waals surface area contributed by atoms with Gasteiger partial charge in [-0.3, -0.25) is 14.9 Å². The predicted octanol–water partition coefficient (Wildman–Crippen LogP) is -0.278. The zero-order valence-electron chi connectivity index (χ0n) is 10.1. The fourth-order valence-corrected chi connectivity index (χ4v) is 3.43. The molecule has 0 radical (unpaired) electrons. The van der Waals surface area contributed by atoms with Crippen LogP contribution in [-0.4, -0.2) is 39.9 Å². The molecule has 0 aliphatic rings. The maximum Gasteiger partial charge on any atom is 0.304 e. The Morgan fingerprint density at radius 2 is 2.11 bits per heavy atom. The van der Waals surface area contributed by atoms with Crippen molar-refractivity contribution < 1.29 is 18.1 Å². The van der Waals surface area contributed by atoms with E-state index in [1.165, 1.54) is 14.1 Å². The summed E-state index contributed by atoms with van der Waals surface area (Å²) in [5.74, 6) is -0.511. The van der Waals surface area contributed by atoms with Crippen LogP contribution in [0.15, 0.2) is 10.3 Å². The summed E-state index contributed by atoms with van der Waals surface area (Å²) in [6.07, 6.45) is 0. The van der Waals surface area contributed by atoms with Gasteiger partial charge in [-0.2, -0.15) is 0 Å². The minimum atomic E-state index is -3.95. The zero-order chi connectivity index (χ0) is 14.6. The molecule has 1 heterocycles. The van der Waals surface area contributed by atoms with Crippen LogP contribution in [0.25, 0.3) is 0 Å². The Kier molecular flexibility index (Phi) is 4.80. The van der Waals surface area contributed by atoms with Crippen LogP contribution in [0.2, 0.25) is 0 Å². The van der Waals surface area contributed by atoms with Crippen LogP contribution in [0, 0.1) is 10.1 Å². The van der Waals surface area contributed by atoms with Gasteiger partial charge < -0.3 is 10.6 Å². The summed E-state index contributed by atoms with van der Waals surface area (Å²) < 4.78 is 25.5. The summed E-state index contributed by atoms with van der Waals surface area (Å²) in [4.78, 5) is 21.0. The molecule has 1 aromatic heterocycles. The Labute approximate surface area is 113 Å². The zero-order valence-corrected chi connectivity index (χ0v) is 11.7. The van der Waals surface area contributed by atoms with E-state index in [2.05, 4.69) is 10.6 Å². The first-order valence-corrected chi connectivity index (χ1v) is 7.28. The lowest BCUT2D eigenvalue weighted by molar-refractivity contribution is -0.383. The van der Waals surface area contributed by atoms with Crippen LogP contribution in [0.4, 0.5) is 10.7 Å². The van der Waals surface area contributed by atoms with Crippen molar-refractivity contribution >= 4 is 38.0 Å². The maximum atomic E-state index is 11.8. The minimum absolute atomic E-state index is 0.130. The quantitative estimate of drug-likeness (QED) is 0.489. The number of thiophene rings is 1. The molecule has 0 saturated heterocycles. The normalized spacial score (nSPS) is 11.1. The van der Waals surface area contributed by atoms with Gasteiger partial charge >= 0.3 is 5.69 Å². The summed E-state index contributed by atoms with van der Waals surface area (Å²) in [6.45, 7) is -0.431. The van der Waals surface area contributed by atoms with Crippen molar-refractivity contribution in [1.82, 2.24) is 10.0 Å². The Bertz CT molecular complexity index is 594. The third-order valence-corrected chi connectivity index (χ3v) is 5.10. The lowest BCUT2D eigenvalue weighted by atomic mass is 10.5. The highest BCUT2D eigenvalue weighted by atomic mass is 32.2. The average Bonchev–Trinajstić information content (AvgIpc) is 2.81. The van der Waals surface area contributed by atoms with Gasteiger partial charge in [-0.15, -0.1) is 0 Å². The second-order valence-corrected chi connectivity index (χ2v) is 6.33. The van der Waals surface area contributed by atoms with E-state index in [-0.39, 0.29) is 14.9 Å². The second kappa shape index (κ2) is 5.95. The van der Waals surface area contributed by atoms with Crippen molar-refractivity contribution in [2.75, 3.05) is 26.0 Å². The number of rotatable bonds is 6. The first-order chi connectivity index (χ1) is 8.81. The molecular weight excluding hydrogens is 296 g/mol. The summed E-state index contributed by atoms with van der Waals surface area (Å²) in [7, 11) is -1.13. The number of carbonyl (C=O) groups excluding carboxylic acids is 1. The van der Waals surface area contributed by atoms with Gasteiger partial charge in [0.1, 0.15) is 4.21 Å². The van der Waals surface area contributed by atoms with Crippen LogP contribution >= 0.6 is 11.3 Å². The van der Waals surface area contributed by atoms with E-state index in [1.54, 1.807) is 0 Å². The van der Waals surface area contributed by atoms with Gasteiger partial charge in [0.2, 0.25) is 5.91 Å². The van der Waals surface area contributed by atoms with E-state index in [4.69, 9.17) is 0 Å². The lowest BCUT2D eigenvalue weighted by Gasteiger charge is -2.02. The van der Waals surface area contributed by atoms with Crippen molar-refractivity contribution in [3.8, 4) is 0 Å². The summed E-state index contributed by atoms with van der Waals surface area (Å²) in [5, 5.41) is 15.7. The molecule has 0 fully saturated rings. The van der Waals surface area contributed by atoms with Gasteiger partial charge in [-0.1, -0.05) is 11.3 Å². The standard InChI is InChI=1S/C8H12N4O5S2/c1-9-6(13)4-11-19(16,17)7-3-5(12(14)15)8(10-2)18-7/h3,10-11H,4H2,1-2H3,(H,9,13). The Morgan fingerprint density at radius 1 is 1.47 bits per heavy atom. The number of amides is 1. The van der Waals surface area contributed by atoms with Crippen LogP contribution in [0.1, 0.15) is 0 Å². The molecule has 0 saturated carbocycles. The van der Waals surface area contributed by atoms with Crippen molar-refractivity contribution in [2.24, 2.45) is 0 Å². The molecule has 106 valence electrons. The Morgan fingerprint density at radius 3 is 2.53 bits per heavy atom. The molecule has 1 rings (SSSR count). The number of anilines is 1. The lowest BCUT2D eigenvalue weighted by Crippen LogP contribution is -2.34. The average molecular weight is 308 g/mol. The molecule has 1 amide bonds. The molecule has 0 aliphatic heterocycles. The number of sulfonamides is 1. The fourth-order valence-electron chi connectivity index (χ4n) is 1.13. The fraction of sp³-hybridized carbons (Fsp3) is 0.375. The van der Waals surface area contributed by atoms with Crippen molar-refractivity contribution in [2.45, 2.75) is 4.21 Å². The summed E-state index contributed by atoms with van der Waals surface area (Å²) in [5.41, 5.74) is -0.326. The third kappa shape index (κ3) is 3.62. The summed E-state index contributed by atoms with van der Waals surface area (Å²) in [6, 6.07) is 0.947. The predicted molar refractivity (Wildman–Crippen MR) is 69.8 cm³/mol. The van der Waals surface area contributed by atoms with Gasteiger partial charge in [0.05, 0.1) is 11.5 Å². The smallest absolute Gasteiger partial charge is 0.304 e. The van der Waals surface area contributed by atoms with Crippen molar-refractivity contribution in [3.63, 3.8) is 0 Å².